The first kappa shape index (κ1) is 16.0. The number of nitrogens with one attached hydrogen (secondary N) is 2. The normalized spacial score (nSPS) is 11.8. The van der Waals surface area contributed by atoms with Crippen LogP contribution in [-0.2, 0) is 16.0 Å². The molecule has 20 heavy (non-hydrogen) atoms. The van der Waals surface area contributed by atoms with Gasteiger partial charge in [-0.05, 0) is 24.5 Å². The van der Waals surface area contributed by atoms with Crippen molar-refractivity contribution in [1.82, 2.24) is 5.32 Å². The van der Waals surface area contributed by atoms with Gasteiger partial charge in [-0.25, -0.2) is 9.59 Å². The molecule has 0 spiro atoms. The summed E-state index contributed by atoms with van der Waals surface area (Å²) in [6.07, 6.45) is 0.776. The highest BCUT2D eigenvalue weighted by atomic mass is 16.5. The number of methoxy groups -OCH3 is 1. The second kappa shape index (κ2) is 7.49. The Morgan fingerprint density at radius 2 is 2.10 bits per heavy atom. The molecule has 1 unspecified atom stereocenters. The molecule has 6 heteroatoms. The van der Waals surface area contributed by atoms with Crippen molar-refractivity contribution in [3.05, 3.63) is 29.3 Å². The fourth-order valence-electron chi connectivity index (χ4n) is 1.85. The summed E-state index contributed by atoms with van der Waals surface area (Å²) in [5, 5.41) is 14.0. The van der Waals surface area contributed by atoms with Gasteiger partial charge >= 0.3 is 12.0 Å². The van der Waals surface area contributed by atoms with Gasteiger partial charge in [0.1, 0.15) is 0 Å². The molecule has 0 bridgehead atoms. The van der Waals surface area contributed by atoms with Crippen molar-refractivity contribution in [3.63, 3.8) is 0 Å². The Bertz CT molecular complexity index is 488. The second-order valence-electron chi connectivity index (χ2n) is 4.41. The van der Waals surface area contributed by atoms with E-state index in [-0.39, 0.29) is 6.61 Å². The summed E-state index contributed by atoms with van der Waals surface area (Å²) in [7, 11) is 1.38. The van der Waals surface area contributed by atoms with Crippen LogP contribution in [0.5, 0.6) is 0 Å². The Hall–Kier alpha value is -2.08. The van der Waals surface area contributed by atoms with Crippen LogP contribution in [0.15, 0.2) is 18.2 Å². The molecule has 0 saturated heterocycles. The van der Waals surface area contributed by atoms with Crippen molar-refractivity contribution in [2.75, 3.05) is 19.0 Å². The number of carbonyl (C=O) groups excluding carboxylic acids is 1. The molecule has 0 aliphatic rings. The van der Waals surface area contributed by atoms with Gasteiger partial charge in [-0.15, -0.1) is 0 Å². The minimum Gasteiger partial charge on any atom is -0.480 e. The molecule has 3 N–H and O–H groups in total. The first-order valence-corrected chi connectivity index (χ1v) is 6.37. The number of rotatable bonds is 6. The molecule has 110 valence electrons. The molecule has 0 radical (unpaired) electrons. The fourth-order valence-corrected chi connectivity index (χ4v) is 1.85. The third kappa shape index (κ3) is 4.24. The predicted octanol–water partition coefficient (Wildman–Crippen LogP) is 1.78. The van der Waals surface area contributed by atoms with E-state index in [2.05, 4.69) is 10.6 Å². The zero-order valence-corrected chi connectivity index (χ0v) is 11.9. The predicted molar refractivity (Wildman–Crippen MR) is 76.0 cm³/mol. The monoisotopic (exact) mass is 280 g/mol. The molecule has 6 nitrogen and oxygen atoms in total. The lowest BCUT2D eigenvalue weighted by atomic mass is 10.1. The van der Waals surface area contributed by atoms with E-state index in [0.717, 1.165) is 17.5 Å². The smallest absolute Gasteiger partial charge is 0.328 e. The first-order chi connectivity index (χ1) is 9.49. The maximum Gasteiger partial charge on any atom is 0.328 e. The zero-order chi connectivity index (χ0) is 15.1. The molecule has 0 fully saturated rings. The summed E-state index contributed by atoms with van der Waals surface area (Å²) in [6.45, 7) is 3.79. The van der Waals surface area contributed by atoms with Gasteiger partial charge in [-0.3, -0.25) is 0 Å². The lowest BCUT2D eigenvalue weighted by molar-refractivity contribution is -0.140. The lowest BCUT2D eigenvalue weighted by Crippen LogP contribution is -2.45. The van der Waals surface area contributed by atoms with Gasteiger partial charge in [-0.2, -0.15) is 0 Å². The number of carboxylic acids is 1. The van der Waals surface area contributed by atoms with E-state index >= 15 is 0 Å². The van der Waals surface area contributed by atoms with Crippen LogP contribution in [0.3, 0.4) is 0 Å². The van der Waals surface area contributed by atoms with Crippen LogP contribution >= 0.6 is 0 Å². The number of para-hydroxylation sites is 1. The minimum atomic E-state index is -1.14. The van der Waals surface area contributed by atoms with E-state index < -0.39 is 18.0 Å². The summed E-state index contributed by atoms with van der Waals surface area (Å²) in [6, 6.07) is 4.10. The highest BCUT2D eigenvalue weighted by Gasteiger charge is 2.20. The van der Waals surface area contributed by atoms with Crippen molar-refractivity contribution in [1.29, 1.82) is 0 Å². The maximum absolute atomic E-state index is 11.9. The van der Waals surface area contributed by atoms with Crippen LogP contribution in [0.4, 0.5) is 10.5 Å². The molecule has 2 amide bonds. The number of ether oxygens (including phenoxy) is 1. The Morgan fingerprint density at radius 1 is 1.40 bits per heavy atom. The van der Waals surface area contributed by atoms with E-state index in [0.29, 0.717) is 5.69 Å². The standard InChI is InChI=1S/C14H20N2O4/c1-4-10-7-5-6-9(2)12(10)16-14(19)15-11(8-20-3)13(17)18/h5-7,11H,4,8H2,1-3H3,(H,17,18)(H2,15,16,19). The highest BCUT2D eigenvalue weighted by molar-refractivity contribution is 5.93. The second-order valence-corrected chi connectivity index (χ2v) is 4.41. The number of aryl methyl sites for hydroxylation is 2. The number of urea groups is 1. The molecule has 1 atom stereocenters. The molecule has 0 aliphatic heterocycles. The molecule has 1 aromatic rings. The zero-order valence-electron chi connectivity index (χ0n) is 11.9. The average Bonchev–Trinajstić information content (AvgIpc) is 2.40. The van der Waals surface area contributed by atoms with Gasteiger partial charge in [0.15, 0.2) is 6.04 Å². The van der Waals surface area contributed by atoms with Crippen LogP contribution in [0.25, 0.3) is 0 Å². The van der Waals surface area contributed by atoms with Crippen LogP contribution in [0, 0.1) is 6.92 Å². The first-order valence-electron chi connectivity index (χ1n) is 6.37. The van der Waals surface area contributed by atoms with Gasteiger partial charge in [0.2, 0.25) is 0 Å². The van der Waals surface area contributed by atoms with Crippen LogP contribution < -0.4 is 10.6 Å². The Labute approximate surface area is 118 Å². The summed E-state index contributed by atoms with van der Waals surface area (Å²) in [5.74, 6) is -1.14. The van der Waals surface area contributed by atoms with E-state index in [9.17, 15) is 9.59 Å². The van der Waals surface area contributed by atoms with Crippen molar-refractivity contribution < 1.29 is 19.4 Å². The van der Waals surface area contributed by atoms with Crippen molar-refractivity contribution in [3.8, 4) is 0 Å². The maximum atomic E-state index is 11.9. The van der Waals surface area contributed by atoms with Gasteiger partial charge in [0, 0.05) is 12.8 Å². The summed E-state index contributed by atoms with van der Waals surface area (Å²) in [4.78, 5) is 22.8. The summed E-state index contributed by atoms with van der Waals surface area (Å²) >= 11 is 0. The summed E-state index contributed by atoms with van der Waals surface area (Å²) in [5.41, 5.74) is 2.64. The van der Waals surface area contributed by atoms with Crippen molar-refractivity contribution in [2.24, 2.45) is 0 Å². The molecule has 1 rings (SSSR count). The number of anilines is 1. The van der Waals surface area contributed by atoms with E-state index in [1.165, 1.54) is 7.11 Å². The van der Waals surface area contributed by atoms with Crippen LogP contribution in [0.1, 0.15) is 18.1 Å². The average molecular weight is 280 g/mol. The molecule has 0 aromatic heterocycles. The number of benzene rings is 1. The fraction of sp³-hybridized carbons (Fsp3) is 0.429. The number of amides is 2. The molecule has 1 aromatic carbocycles. The van der Waals surface area contributed by atoms with Crippen LogP contribution in [0.2, 0.25) is 0 Å². The van der Waals surface area contributed by atoms with Gasteiger partial charge < -0.3 is 20.5 Å². The molecular weight excluding hydrogens is 260 g/mol. The van der Waals surface area contributed by atoms with E-state index in [1.807, 2.05) is 32.0 Å². The SMILES string of the molecule is CCc1cccc(C)c1NC(=O)NC(COC)C(=O)O. The number of hydrogen-bond donors (Lipinski definition) is 3. The Balaban J connectivity index is 2.78. The highest BCUT2D eigenvalue weighted by Crippen LogP contribution is 2.20. The Morgan fingerprint density at radius 3 is 2.65 bits per heavy atom. The van der Waals surface area contributed by atoms with E-state index in [1.54, 1.807) is 0 Å². The van der Waals surface area contributed by atoms with Crippen LogP contribution in [-0.4, -0.2) is 36.9 Å². The van der Waals surface area contributed by atoms with Crippen molar-refractivity contribution in [2.45, 2.75) is 26.3 Å². The van der Waals surface area contributed by atoms with Gasteiger partial charge in [0.25, 0.3) is 0 Å². The number of hydrogen-bond acceptors (Lipinski definition) is 3. The Kier molecular flexibility index (Phi) is 5.99. The largest absolute Gasteiger partial charge is 0.480 e. The third-order valence-electron chi connectivity index (χ3n) is 2.92. The summed E-state index contributed by atoms with van der Waals surface area (Å²) < 4.78 is 4.76. The topological polar surface area (TPSA) is 87.7 Å². The van der Waals surface area contributed by atoms with E-state index in [4.69, 9.17) is 9.84 Å². The quantitative estimate of drug-likeness (QED) is 0.741. The van der Waals surface area contributed by atoms with Crippen molar-refractivity contribution >= 4 is 17.7 Å². The number of aliphatic carboxylic acids is 1. The molecule has 0 heterocycles. The minimum absolute atomic E-state index is 0.0862. The molecule has 0 saturated carbocycles. The third-order valence-corrected chi connectivity index (χ3v) is 2.92. The van der Waals surface area contributed by atoms with Gasteiger partial charge in [-0.1, -0.05) is 25.1 Å². The number of carboxylic acid groups (broad SMARTS) is 1. The lowest BCUT2D eigenvalue weighted by Gasteiger charge is -2.17. The number of carbonyl (C=O) groups is 2. The molecular formula is C14H20N2O4. The van der Waals surface area contributed by atoms with Gasteiger partial charge in [0.05, 0.1) is 6.61 Å². The molecule has 0 aliphatic carbocycles.